The van der Waals surface area contributed by atoms with Gasteiger partial charge in [-0.15, -0.1) is 0 Å². The molecule has 1 amide bonds. The van der Waals surface area contributed by atoms with E-state index in [1.807, 2.05) is 31.2 Å². The molecule has 21 heavy (non-hydrogen) atoms. The number of halogens is 2. The van der Waals surface area contributed by atoms with E-state index >= 15 is 0 Å². The van der Waals surface area contributed by atoms with Crippen molar-refractivity contribution in [1.29, 1.82) is 0 Å². The number of amides is 1. The van der Waals surface area contributed by atoms with Gasteiger partial charge in [-0.2, -0.15) is 0 Å². The summed E-state index contributed by atoms with van der Waals surface area (Å²) in [5.41, 5.74) is 1.06. The van der Waals surface area contributed by atoms with Crippen molar-refractivity contribution < 1.29 is 9.53 Å². The topological polar surface area (TPSA) is 51.2 Å². The highest BCUT2D eigenvalue weighted by Crippen LogP contribution is 2.20. The SMILES string of the molecule is COc1ccc(C(C)NC(=O)c2nc(Cl)ccc2Cl)cc1. The average Bonchev–Trinajstić information content (AvgIpc) is 2.49. The summed E-state index contributed by atoms with van der Waals surface area (Å²) in [6, 6.07) is 10.3. The molecule has 2 rings (SSSR count). The number of carbonyl (C=O) groups excluding carboxylic acids is 1. The van der Waals surface area contributed by atoms with Gasteiger partial charge in [0.1, 0.15) is 16.6 Å². The third-order valence-electron chi connectivity index (χ3n) is 2.99. The summed E-state index contributed by atoms with van der Waals surface area (Å²) in [4.78, 5) is 16.1. The molecule has 110 valence electrons. The maximum atomic E-state index is 12.2. The largest absolute Gasteiger partial charge is 0.497 e. The van der Waals surface area contributed by atoms with Gasteiger partial charge < -0.3 is 10.1 Å². The van der Waals surface area contributed by atoms with E-state index in [-0.39, 0.29) is 27.8 Å². The fourth-order valence-electron chi connectivity index (χ4n) is 1.82. The fourth-order valence-corrected chi connectivity index (χ4v) is 2.16. The molecule has 1 unspecified atom stereocenters. The molecule has 0 fully saturated rings. The quantitative estimate of drug-likeness (QED) is 0.868. The molecule has 1 aromatic heterocycles. The number of aromatic nitrogens is 1. The summed E-state index contributed by atoms with van der Waals surface area (Å²) < 4.78 is 5.10. The van der Waals surface area contributed by atoms with Crippen molar-refractivity contribution in [3.8, 4) is 5.75 Å². The van der Waals surface area contributed by atoms with Crippen LogP contribution in [-0.2, 0) is 0 Å². The van der Waals surface area contributed by atoms with Crippen LogP contribution in [0.5, 0.6) is 5.75 Å². The summed E-state index contributed by atoms with van der Waals surface area (Å²) >= 11 is 11.7. The lowest BCUT2D eigenvalue weighted by Crippen LogP contribution is -2.27. The second kappa shape index (κ2) is 6.78. The van der Waals surface area contributed by atoms with Gasteiger partial charge in [0.25, 0.3) is 5.91 Å². The lowest BCUT2D eigenvalue weighted by molar-refractivity contribution is 0.0935. The van der Waals surface area contributed by atoms with Gasteiger partial charge in [0.05, 0.1) is 18.2 Å². The molecule has 0 aliphatic heterocycles. The van der Waals surface area contributed by atoms with E-state index in [2.05, 4.69) is 10.3 Å². The fraction of sp³-hybridized carbons (Fsp3) is 0.200. The normalized spacial score (nSPS) is 11.8. The Labute approximate surface area is 133 Å². The molecule has 6 heteroatoms. The van der Waals surface area contributed by atoms with Crippen molar-refractivity contribution in [2.24, 2.45) is 0 Å². The second-order valence-electron chi connectivity index (χ2n) is 4.43. The number of nitrogens with zero attached hydrogens (tertiary/aromatic N) is 1. The Kier molecular flexibility index (Phi) is 5.04. The Morgan fingerprint density at radius 3 is 2.48 bits per heavy atom. The van der Waals surface area contributed by atoms with Crippen molar-refractivity contribution in [2.45, 2.75) is 13.0 Å². The molecule has 0 radical (unpaired) electrons. The van der Waals surface area contributed by atoms with Crippen molar-refractivity contribution in [1.82, 2.24) is 10.3 Å². The number of hydrogen-bond donors (Lipinski definition) is 1. The minimum atomic E-state index is -0.370. The van der Waals surface area contributed by atoms with E-state index < -0.39 is 0 Å². The highest BCUT2D eigenvalue weighted by atomic mass is 35.5. The third-order valence-corrected chi connectivity index (χ3v) is 3.51. The molecule has 0 saturated carbocycles. The molecule has 2 aromatic rings. The van der Waals surface area contributed by atoms with Gasteiger partial charge in [0, 0.05) is 0 Å². The lowest BCUT2D eigenvalue weighted by atomic mass is 10.1. The highest BCUT2D eigenvalue weighted by Gasteiger charge is 2.16. The highest BCUT2D eigenvalue weighted by molar-refractivity contribution is 6.34. The van der Waals surface area contributed by atoms with Crippen LogP contribution in [0.4, 0.5) is 0 Å². The number of rotatable bonds is 4. The van der Waals surface area contributed by atoms with Crippen LogP contribution in [0.15, 0.2) is 36.4 Å². The van der Waals surface area contributed by atoms with E-state index in [9.17, 15) is 4.79 Å². The van der Waals surface area contributed by atoms with Gasteiger partial charge in [-0.1, -0.05) is 35.3 Å². The Morgan fingerprint density at radius 1 is 1.19 bits per heavy atom. The number of benzene rings is 1. The maximum absolute atomic E-state index is 12.2. The first-order valence-corrected chi connectivity index (χ1v) is 7.03. The van der Waals surface area contributed by atoms with Crippen molar-refractivity contribution in [2.75, 3.05) is 7.11 Å². The molecule has 0 spiro atoms. The summed E-state index contributed by atoms with van der Waals surface area (Å²) in [6.45, 7) is 1.87. The van der Waals surface area contributed by atoms with Crippen LogP contribution in [0, 0.1) is 0 Å². The molecule has 0 aliphatic rings. The van der Waals surface area contributed by atoms with Crippen molar-refractivity contribution >= 4 is 29.1 Å². The van der Waals surface area contributed by atoms with Crippen LogP contribution in [0.25, 0.3) is 0 Å². The first-order valence-electron chi connectivity index (χ1n) is 6.28. The predicted molar refractivity (Wildman–Crippen MR) is 83.1 cm³/mol. The van der Waals surface area contributed by atoms with Gasteiger partial charge in [-0.05, 0) is 36.8 Å². The summed E-state index contributed by atoms with van der Waals surface area (Å²) in [6.07, 6.45) is 0. The minimum absolute atomic E-state index is 0.115. The number of methoxy groups -OCH3 is 1. The molecule has 0 saturated heterocycles. The van der Waals surface area contributed by atoms with Gasteiger partial charge >= 0.3 is 0 Å². The van der Waals surface area contributed by atoms with Crippen LogP contribution >= 0.6 is 23.2 Å². The number of hydrogen-bond acceptors (Lipinski definition) is 3. The smallest absolute Gasteiger partial charge is 0.271 e. The first kappa shape index (κ1) is 15.6. The van der Waals surface area contributed by atoms with Crippen LogP contribution in [0.2, 0.25) is 10.2 Å². The lowest BCUT2D eigenvalue weighted by Gasteiger charge is -2.15. The Hall–Kier alpha value is -1.78. The average molecular weight is 325 g/mol. The molecule has 1 N–H and O–H groups in total. The van der Waals surface area contributed by atoms with Crippen molar-refractivity contribution in [3.05, 3.63) is 57.8 Å². The number of pyridine rings is 1. The van der Waals surface area contributed by atoms with Crippen LogP contribution in [-0.4, -0.2) is 18.0 Å². The second-order valence-corrected chi connectivity index (χ2v) is 5.23. The van der Waals surface area contributed by atoms with Gasteiger partial charge in [-0.3, -0.25) is 4.79 Å². The Balaban J connectivity index is 2.12. The molecule has 0 bridgehead atoms. The van der Waals surface area contributed by atoms with Crippen molar-refractivity contribution in [3.63, 3.8) is 0 Å². The molecule has 0 aliphatic carbocycles. The summed E-state index contributed by atoms with van der Waals surface area (Å²) in [7, 11) is 1.60. The van der Waals surface area contributed by atoms with Crippen LogP contribution < -0.4 is 10.1 Å². The predicted octanol–water partition coefficient (Wildman–Crippen LogP) is 3.89. The number of carbonyl (C=O) groups is 1. The van der Waals surface area contributed by atoms with Gasteiger partial charge in [0.15, 0.2) is 0 Å². The third kappa shape index (κ3) is 3.86. The Morgan fingerprint density at radius 2 is 1.86 bits per heavy atom. The number of nitrogens with one attached hydrogen (secondary N) is 1. The maximum Gasteiger partial charge on any atom is 0.271 e. The minimum Gasteiger partial charge on any atom is -0.497 e. The van der Waals surface area contributed by atoms with E-state index in [0.29, 0.717) is 0 Å². The molecule has 1 atom stereocenters. The molecule has 4 nitrogen and oxygen atoms in total. The molecular formula is C15H14Cl2N2O2. The summed E-state index contributed by atoms with van der Waals surface area (Å²) in [5, 5.41) is 3.32. The zero-order valence-corrected chi connectivity index (χ0v) is 13.1. The summed E-state index contributed by atoms with van der Waals surface area (Å²) in [5.74, 6) is 0.391. The van der Waals surface area contributed by atoms with Crippen LogP contribution in [0.3, 0.4) is 0 Å². The van der Waals surface area contributed by atoms with E-state index in [1.165, 1.54) is 6.07 Å². The molecule has 1 aromatic carbocycles. The van der Waals surface area contributed by atoms with E-state index in [0.717, 1.165) is 11.3 Å². The zero-order valence-electron chi connectivity index (χ0n) is 11.6. The van der Waals surface area contributed by atoms with Gasteiger partial charge in [-0.25, -0.2) is 4.98 Å². The first-order chi connectivity index (χ1) is 10.0. The van der Waals surface area contributed by atoms with Gasteiger partial charge in [0.2, 0.25) is 0 Å². The standard InChI is InChI=1S/C15H14Cl2N2O2/c1-9(10-3-5-11(21-2)6-4-10)18-15(20)14-12(16)7-8-13(17)19-14/h3-9H,1-2H3,(H,18,20). The molecule has 1 heterocycles. The molecular weight excluding hydrogens is 311 g/mol. The van der Waals surface area contributed by atoms with E-state index in [1.54, 1.807) is 13.2 Å². The monoisotopic (exact) mass is 324 g/mol. The number of ether oxygens (including phenoxy) is 1. The zero-order chi connectivity index (χ0) is 15.4. The van der Waals surface area contributed by atoms with Crippen LogP contribution in [0.1, 0.15) is 29.0 Å². The van der Waals surface area contributed by atoms with E-state index in [4.69, 9.17) is 27.9 Å². The Bertz CT molecular complexity index is 645.